The maximum Gasteiger partial charge on any atom is 0.335 e. The van der Waals surface area contributed by atoms with Gasteiger partial charge in [0.25, 0.3) is 5.91 Å². The molecule has 6 nitrogen and oxygen atoms in total. The van der Waals surface area contributed by atoms with Crippen molar-refractivity contribution in [2.75, 3.05) is 5.32 Å². The lowest BCUT2D eigenvalue weighted by atomic mass is 10.2. The van der Waals surface area contributed by atoms with E-state index in [4.69, 9.17) is 5.11 Å². The molecule has 0 unspecified atom stereocenters. The van der Waals surface area contributed by atoms with Crippen LogP contribution < -0.4 is 5.32 Å². The van der Waals surface area contributed by atoms with Crippen LogP contribution in [0.3, 0.4) is 0 Å². The molecule has 2 aromatic rings. The predicted octanol–water partition coefficient (Wildman–Crippen LogP) is 1.74. The van der Waals surface area contributed by atoms with Gasteiger partial charge in [0.05, 0.1) is 5.56 Å². The molecule has 6 heteroatoms. The van der Waals surface area contributed by atoms with Crippen LogP contribution in [0.1, 0.15) is 26.4 Å². The minimum absolute atomic E-state index is 0.0659. The van der Waals surface area contributed by atoms with Gasteiger partial charge in [-0.15, -0.1) is 0 Å². The summed E-state index contributed by atoms with van der Waals surface area (Å²) < 4.78 is 0. The van der Waals surface area contributed by atoms with Crippen LogP contribution in [0.2, 0.25) is 0 Å². The van der Waals surface area contributed by atoms with Gasteiger partial charge in [-0.2, -0.15) is 0 Å². The number of anilines is 1. The van der Waals surface area contributed by atoms with Gasteiger partial charge in [-0.05, 0) is 31.2 Å². The highest BCUT2D eigenvalue weighted by molar-refractivity contribution is 6.04. The molecule has 0 fully saturated rings. The summed E-state index contributed by atoms with van der Waals surface area (Å²) in [6.07, 6.45) is 2.86. The standard InChI is InChI=1S/C13H11N3O3/c1-8-6-9(2-4-14-8)12(17)16-11-7-10(13(18)19)3-5-15-11/h2-7H,1H3,(H,18,19)(H,15,16,17). The Morgan fingerprint density at radius 1 is 1.11 bits per heavy atom. The van der Waals surface area contributed by atoms with Gasteiger partial charge >= 0.3 is 5.97 Å². The van der Waals surface area contributed by atoms with Gasteiger partial charge in [-0.3, -0.25) is 9.78 Å². The van der Waals surface area contributed by atoms with Gasteiger partial charge in [0.1, 0.15) is 5.82 Å². The van der Waals surface area contributed by atoms with Gasteiger partial charge in [-0.1, -0.05) is 0 Å². The summed E-state index contributed by atoms with van der Waals surface area (Å²) >= 11 is 0. The van der Waals surface area contributed by atoms with Crippen LogP contribution in [0.25, 0.3) is 0 Å². The van der Waals surface area contributed by atoms with Crippen molar-refractivity contribution in [3.8, 4) is 0 Å². The summed E-state index contributed by atoms with van der Waals surface area (Å²) in [6.45, 7) is 1.78. The third-order valence-corrected chi connectivity index (χ3v) is 2.41. The molecule has 19 heavy (non-hydrogen) atoms. The molecule has 0 aliphatic heterocycles. The number of rotatable bonds is 3. The summed E-state index contributed by atoms with van der Waals surface area (Å²) in [7, 11) is 0. The number of carbonyl (C=O) groups is 2. The number of hydrogen-bond acceptors (Lipinski definition) is 4. The van der Waals surface area contributed by atoms with E-state index in [2.05, 4.69) is 15.3 Å². The number of carbonyl (C=O) groups excluding carboxylic acids is 1. The number of nitrogens with one attached hydrogen (secondary N) is 1. The zero-order valence-electron chi connectivity index (χ0n) is 10.1. The summed E-state index contributed by atoms with van der Waals surface area (Å²) in [5, 5.41) is 11.4. The van der Waals surface area contributed by atoms with Crippen LogP contribution in [0.15, 0.2) is 36.7 Å². The maximum absolute atomic E-state index is 11.9. The largest absolute Gasteiger partial charge is 0.478 e. The van der Waals surface area contributed by atoms with Crippen molar-refractivity contribution in [2.24, 2.45) is 0 Å². The Labute approximate surface area is 109 Å². The first-order valence-electron chi connectivity index (χ1n) is 5.49. The number of carboxylic acid groups (broad SMARTS) is 1. The van der Waals surface area contributed by atoms with Gasteiger partial charge in [-0.25, -0.2) is 9.78 Å². The first-order valence-corrected chi connectivity index (χ1v) is 5.49. The Morgan fingerprint density at radius 2 is 1.79 bits per heavy atom. The van der Waals surface area contributed by atoms with Crippen molar-refractivity contribution in [2.45, 2.75) is 6.92 Å². The second kappa shape index (κ2) is 5.26. The van der Waals surface area contributed by atoms with Crippen molar-refractivity contribution in [1.82, 2.24) is 9.97 Å². The number of aromatic carboxylic acids is 1. The van der Waals surface area contributed by atoms with E-state index < -0.39 is 5.97 Å². The molecule has 2 N–H and O–H groups in total. The summed E-state index contributed by atoms with van der Waals surface area (Å²) in [4.78, 5) is 30.6. The molecule has 0 spiro atoms. The molecule has 0 saturated carbocycles. The molecular weight excluding hydrogens is 246 g/mol. The van der Waals surface area contributed by atoms with Crippen molar-refractivity contribution in [1.29, 1.82) is 0 Å². The molecule has 0 bridgehead atoms. The molecule has 96 valence electrons. The molecule has 0 saturated heterocycles. The number of pyridine rings is 2. The topological polar surface area (TPSA) is 92.2 Å². The normalized spacial score (nSPS) is 9.95. The molecular formula is C13H11N3O3. The van der Waals surface area contributed by atoms with Crippen molar-refractivity contribution >= 4 is 17.7 Å². The Morgan fingerprint density at radius 3 is 2.47 bits per heavy atom. The zero-order valence-corrected chi connectivity index (χ0v) is 10.1. The smallest absolute Gasteiger partial charge is 0.335 e. The van der Waals surface area contributed by atoms with Crippen LogP contribution in [0.4, 0.5) is 5.82 Å². The second-order valence-corrected chi connectivity index (χ2v) is 3.87. The third-order valence-electron chi connectivity index (χ3n) is 2.41. The van der Waals surface area contributed by atoms with Crippen molar-refractivity contribution in [3.05, 3.63) is 53.5 Å². The van der Waals surface area contributed by atoms with Crippen LogP contribution >= 0.6 is 0 Å². The SMILES string of the molecule is Cc1cc(C(=O)Nc2cc(C(=O)O)ccn2)ccn1. The Kier molecular flexibility index (Phi) is 3.51. The fourth-order valence-electron chi connectivity index (χ4n) is 1.51. The van der Waals surface area contributed by atoms with Crippen molar-refractivity contribution < 1.29 is 14.7 Å². The molecule has 0 atom stereocenters. The molecule has 0 aliphatic rings. The molecule has 2 heterocycles. The van der Waals surface area contributed by atoms with E-state index in [9.17, 15) is 9.59 Å². The number of carboxylic acids is 1. The summed E-state index contributed by atoms with van der Waals surface area (Å²) in [5.74, 6) is -1.24. The van der Waals surface area contributed by atoms with E-state index in [1.54, 1.807) is 19.1 Å². The van der Waals surface area contributed by atoms with Gasteiger partial charge in [0, 0.05) is 23.7 Å². The van der Waals surface area contributed by atoms with Crippen LogP contribution in [0, 0.1) is 6.92 Å². The number of amides is 1. The van der Waals surface area contributed by atoms with E-state index in [0.717, 1.165) is 5.69 Å². The van der Waals surface area contributed by atoms with E-state index in [-0.39, 0.29) is 17.3 Å². The third kappa shape index (κ3) is 3.12. The van der Waals surface area contributed by atoms with Crippen LogP contribution in [0.5, 0.6) is 0 Å². The quantitative estimate of drug-likeness (QED) is 0.873. The van der Waals surface area contributed by atoms with Crippen LogP contribution in [-0.2, 0) is 0 Å². The monoisotopic (exact) mass is 257 g/mol. The first-order chi connectivity index (χ1) is 9.06. The van der Waals surface area contributed by atoms with E-state index >= 15 is 0 Å². The minimum Gasteiger partial charge on any atom is -0.478 e. The molecule has 2 aromatic heterocycles. The Bertz CT molecular complexity index is 641. The van der Waals surface area contributed by atoms with E-state index in [1.807, 2.05) is 0 Å². The number of hydrogen-bond donors (Lipinski definition) is 2. The Hall–Kier alpha value is -2.76. The number of nitrogens with zero attached hydrogens (tertiary/aromatic N) is 2. The zero-order chi connectivity index (χ0) is 13.8. The lowest BCUT2D eigenvalue weighted by Gasteiger charge is -2.05. The Balaban J connectivity index is 2.19. The highest BCUT2D eigenvalue weighted by Crippen LogP contribution is 2.09. The van der Waals surface area contributed by atoms with Crippen LogP contribution in [-0.4, -0.2) is 27.0 Å². The van der Waals surface area contributed by atoms with E-state index in [1.165, 1.54) is 24.5 Å². The van der Waals surface area contributed by atoms with Gasteiger partial charge < -0.3 is 10.4 Å². The fraction of sp³-hybridized carbons (Fsp3) is 0.0769. The maximum atomic E-state index is 11.9. The minimum atomic E-state index is -1.07. The average Bonchev–Trinajstić information content (AvgIpc) is 2.39. The highest BCUT2D eigenvalue weighted by atomic mass is 16.4. The second-order valence-electron chi connectivity index (χ2n) is 3.87. The highest BCUT2D eigenvalue weighted by Gasteiger charge is 2.09. The molecule has 1 amide bonds. The summed E-state index contributed by atoms with van der Waals surface area (Å²) in [5.41, 5.74) is 1.23. The molecule has 0 aliphatic carbocycles. The number of aryl methyl sites for hydroxylation is 1. The van der Waals surface area contributed by atoms with Crippen molar-refractivity contribution in [3.63, 3.8) is 0 Å². The van der Waals surface area contributed by atoms with Gasteiger partial charge in [0.2, 0.25) is 0 Å². The first kappa shape index (κ1) is 12.7. The predicted molar refractivity (Wildman–Crippen MR) is 68.1 cm³/mol. The van der Waals surface area contributed by atoms with E-state index in [0.29, 0.717) is 5.56 Å². The lowest BCUT2D eigenvalue weighted by molar-refractivity contribution is 0.0696. The molecule has 0 aromatic carbocycles. The molecule has 2 rings (SSSR count). The molecule has 0 radical (unpaired) electrons. The van der Waals surface area contributed by atoms with Gasteiger partial charge in [0.15, 0.2) is 0 Å². The average molecular weight is 257 g/mol. The summed E-state index contributed by atoms with van der Waals surface area (Å²) in [6, 6.07) is 5.86. The number of aromatic nitrogens is 2. The lowest BCUT2D eigenvalue weighted by Crippen LogP contribution is -2.13. The fourth-order valence-corrected chi connectivity index (χ4v) is 1.51.